The Morgan fingerprint density at radius 1 is 0.957 bits per heavy atom. The molecular formula is C34H39ClN6O5. The lowest BCUT2D eigenvalue weighted by atomic mass is 10.0. The molecule has 0 atom stereocenters. The summed E-state index contributed by atoms with van der Waals surface area (Å²) in [5.41, 5.74) is 12.3. The predicted molar refractivity (Wildman–Crippen MR) is 178 cm³/mol. The number of halogens is 1. The highest BCUT2D eigenvalue weighted by Gasteiger charge is 2.35. The summed E-state index contributed by atoms with van der Waals surface area (Å²) in [7, 11) is 0. The second kappa shape index (κ2) is 13.7. The van der Waals surface area contributed by atoms with Crippen LogP contribution in [0.5, 0.6) is 0 Å². The number of hydrogen-bond acceptors (Lipinski definition) is 8. The molecule has 1 aromatic heterocycles. The number of guanidine groups is 1. The van der Waals surface area contributed by atoms with Crippen molar-refractivity contribution in [3.8, 4) is 11.8 Å². The molecule has 1 saturated heterocycles. The van der Waals surface area contributed by atoms with Gasteiger partial charge in [-0.15, -0.1) is 4.90 Å². The fourth-order valence-corrected chi connectivity index (χ4v) is 4.84. The first-order valence-electron chi connectivity index (χ1n) is 14.9. The lowest BCUT2D eigenvalue weighted by molar-refractivity contribution is 0.0144. The first kappa shape index (κ1) is 34.1. The number of likely N-dealkylation sites (tertiary alicyclic amines) is 1. The molecule has 11 nitrogen and oxygen atoms in total. The van der Waals surface area contributed by atoms with Gasteiger partial charge in [-0.2, -0.15) is 0 Å². The number of nitrogen functional groups attached to an aromatic ring is 1. The number of amides is 3. The molecule has 0 radical (unpaired) electrons. The van der Waals surface area contributed by atoms with Crippen molar-refractivity contribution in [1.29, 1.82) is 0 Å². The van der Waals surface area contributed by atoms with Crippen molar-refractivity contribution in [3.05, 3.63) is 70.4 Å². The average Bonchev–Trinajstić information content (AvgIpc) is 2.95. The maximum absolute atomic E-state index is 13.3. The number of nitrogens with zero attached hydrogens (tertiary/aromatic N) is 4. The number of hydrogen-bond donors (Lipinski definition) is 2. The van der Waals surface area contributed by atoms with Crippen LogP contribution < -0.4 is 11.5 Å². The Kier molecular flexibility index (Phi) is 10.1. The molecular weight excluding hydrogens is 608 g/mol. The normalized spacial score (nSPS) is 14.3. The third-order valence-corrected chi connectivity index (χ3v) is 7.03. The van der Waals surface area contributed by atoms with Gasteiger partial charge in [0.2, 0.25) is 5.96 Å². The van der Waals surface area contributed by atoms with Gasteiger partial charge in [0.25, 0.3) is 5.91 Å². The van der Waals surface area contributed by atoms with E-state index in [0.717, 1.165) is 10.8 Å². The molecule has 1 fully saturated rings. The van der Waals surface area contributed by atoms with Gasteiger partial charge in [-0.05, 0) is 90.8 Å². The Balaban J connectivity index is 1.41. The maximum atomic E-state index is 13.3. The van der Waals surface area contributed by atoms with E-state index < -0.39 is 23.4 Å². The number of aliphatic imine (C=N–C) groups is 1. The summed E-state index contributed by atoms with van der Waals surface area (Å²) in [5.74, 6) is 6.06. The minimum Gasteiger partial charge on any atom is -0.443 e. The molecule has 2 heterocycles. The summed E-state index contributed by atoms with van der Waals surface area (Å²) in [4.78, 5) is 50.0. The molecule has 0 unspecified atom stereocenters. The molecule has 4 rings (SSSR count). The summed E-state index contributed by atoms with van der Waals surface area (Å²) in [5, 5.41) is 2.27. The fraction of sp³-hybridized carbons (Fsp3) is 0.382. The van der Waals surface area contributed by atoms with Crippen molar-refractivity contribution in [3.63, 3.8) is 0 Å². The highest BCUT2D eigenvalue weighted by Crippen LogP contribution is 2.25. The lowest BCUT2D eigenvalue weighted by Gasteiger charge is -2.31. The Labute approximate surface area is 273 Å². The summed E-state index contributed by atoms with van der Waals surface area (Å²) >= 11 is 6.18. The third-order valence-electron chi connectivity index (χ3n) is 6.80. The van der Waals surface area contributed by atoms with E-state index >= 15 is 0 Å². The van der Waals surface area contributed by atoms with E-state index in [2.05, 4.69) is 21.8 Å². The number of carbonyl (C=O) groups excluding carboxylic acids is 3. The van der Waals surface area contributed by atoms with Crippen LogP contribution in [0, 0.1) is 11.8 Å². The Bertz CT molecular complexity index is 1690. The van der Waals surface area contributed by atoms with Crippen molar-refractivity contribution in [2.45, 2.75) is 71.6 Å². The standard InChI is InChI=1S/C34H39ClN6O5/c1-33(2,3)45-31(43)41(32(44)46-34(4,5)6)30(37)39-25-15-17-40(18-16-25)29(42)22-10-7-21(8-11-22)9-14-26-27-19-24(35)13-12-23(27)20-38-28(26)36/h7-8,10-13,19-20,25H,15-18H2,1-6H3,(H2,36,38)(H2,37,39). The molecule has 46 heavy (non-hydrogen) atoms. The van der Waals surface area contributed by atoms with Crippen LogP contribution in [0.4, 0.5) is 15.4 Å². The molecule has 0 spiro atoms. The van der Waals surface area contributed by atoms with E-state index in [1.54, 1.807) is 83.0 Å². The van der Waals surface area contributed by atoms with E-state index in [1.165, 1.54) is 0 Å². The second-order valence-electron chi connectivity index (χ2n) is 12.9. The van der Waals surface area contributed by atoms with E-state index in [1.807, 2.05) is 12.1 Å². The van der Waals surface area contributed by atoms with Gasteiger partial charge in [0.05, 0.1) is 11.6 Å². The smallest absolute Gasteiger partial charge is 0.427 e. The maximum Gasteiger partial charge on any atom is 0.427 e. The number of imide groups is 1. The van der Waals surface area contributed by atoms with Crippen LogP contribution in [0.15, 0.2) is 53.7 Å². The molecule has 1 aliphatic rings. The van der Waals surface area contributed by atoms with Gasteiger partial charge in [0.1, 0.15) is 17.0 Å². The number of pyridine rings is 1. The lowest BCUT2D eigenvalue weighted by Crippen LogP contribution is -2.50. The van der Waals surface area contributed by atoms with Crippen LogP contribution in [-0.2, 0) is 9.47 Å². The molecule has 4 N–H and O–H groups in total. The van der Waals surface area contributed by atoms with Crippen molar-refractivity contribution >= 4 is 52.2 Å². The van der Waals surface area contributed by atoms with Gasteiger partial charge in [0.15, 0.2) is 0 Å². The summed E-state index contributed by atoms with van der Waals surface area (Å²) < 4.78 is 10.7. The van der Waals surface area contributed by atoms with Crippen LogP contribution in [0.1, 0.15) is 75.9 Å². The minimum atomic E-state index is -0.981. The van der Waals surface area contributed by atoms with Crippen molar-refractivity contribution in [1.82, 2.24) is 14.8 Å². The molecule has 1 aliphatic heterocycles. The number of carbonyl (C=O) groups is 3. The van der Waals surface area contributed by atoms with Gasteiger partial charge in [-0.25, -0.2) is 19.6 Å². The zero-order chi connectivity index (χ0) is 33.8. The topological polar surface area (TPSA) is 153 Å². The molecule has 2 aromatic carbocycles. The quantitative estimate of drug-likeness (QED) is 0.196. The van der Waals surface area contributed by atoms with E-state index in [4.69, 9.17) is 32.5 Å². The number of ether oxygens (including phenoxy) is 2. The van der Waals surface area contributed by atoms with Gasteiger partial charge < -0.3 is 25.8 Å². The minimum absolute atomic E-state index is 0.129. The number of fused-ring (bicyclic) bond motifs is 1. The SMILES string of the molecule is CC(C)(C)OC(=O)N(C(=O)OC(C)(C)C)C(N)=NC1CCN(C(=O)c2ccc(C#Cc3c(N)ncc4ccc(Cl)cc34)cc2)CC1. The number of anilines is 1. The number of benzene rings is 2. The van der Waals surface area contributed by atoms with Gasteiger partial charge in [0, 0.05) is 46.2 Å². The van der Waals surface area contributed by atoms with Crippen LogP contribution >= 0.6 is 11.6 Å². The van der Waals surface area contributed by atoms with Crippen LogP contribution in [0.25, 0.3) is 10.8 Å². The number of rotatable bonds is 2. The Hall–Kier alpha value is -4.82. The predicted octanol–water partition coefficient (Wildman–Crippen LogP) is 5.96. The molecule has 0 bridgehead atoms. The monoisotopic (exact) mass is 646 g/mol. The Morgan fingerprint density at radius 3 is 2.11 bits per heavy atom. The first-order chi connectivity index (χ1) is 21.5. The number of piperidine rings is 1. The molecule has 3 aromatic rings. The summed E-state index contributed by atoms with van der Waals surface area (Å²) in [6, 6.07) is 12.2. The molecule has 0 aliphatic carbocycles. The number of aromatic nitrogens is 1. The molecule has 3 amide bonds. The average molecular weight is 647 g/mol. The van der Waals surface area contributed by atoms with Gasteiger partial charge in [-0.3, -0.25) is 4.79 Å². The van der Waals surface area contributed by atoms with E-state index in [0.29, 0.717) is 58.4 Å². The van der Waals surface area contributed by atoms with Gasteiger partial charge in [-0.1, -0.05) is 29.5 Å². The molecule has 242 valence electrons. The van der Waals surface area contributed by atoms with E-state index in [-0.39, 0.29) is 17.9 Å². The Morgan fingerprint density at radius 2 is 1.54 bits per heavy atom. The highest BCUT2D eigenvalue weighted by molar-refractivity contribution is 6.31. The van der Waals surface area contributed by atoms with Crippen LogP contribution in [-0.4, -0.2) is 69.2 Å². The molecule has 0 saturated carbocycles. The van der Waals surface area contributed by atoms with Crippen molar-refractivity contribution < 1.29 is 23.9 Å². The third kappa shape index (κ3) is 8.88. The largest absolute Gasteiger partial charge is 0.443 e. The van der Waals surface area contributed by atoms with Crippen LogP contribution in [0.2, 0.25) is 5.02 Å². The van der Waals surface area contributed by atoms with Crippen molar-refractivity contribution in [2.24, 2.45) is 10.7 Å². The second-order valence-corrected chi connectivity index (χ2v) is 13.3. The molecule has 12 heteroatoms. The zero-order valence-corrected chi connectivity index (χ0v) is 27.6. The fourth-order valence-electron chi connectivity index (χ4n) is 4.66. The van der Waals surface area contributed by atoms with E-state index in [9.17, 15) is 14.4 Å². The van der Waals surface area contributed by atoms with Gasteiger partial charge >= 0.3 is 12.2 Å². The van der Waals surface area contributed by atoms with Crippen molar-refractivity contribution in [2.75, 3.05) is 18.8 Å². The highest BCUT2D eigenvalue weighted by atomic mass is 35.5. The summed E-state index contributed by atoms with van der Waals surface area (Å²) in [6.07, 6.45) is 0.684. The summed E-state index contributed by atoms with van der Waals surface area (Å²) in [6.45, 7) is 10.9. The number of nitrogens with two attached hydrogens (primary N) is 2. The van der Waals surface area contributed by atoms with Crippen LogP contribution in [0.3, 0.4) is 0 Å². The first-order valence-corrected chi connectivity index (χ1v) is 15.2. The zero-order valence-electron chi connectivity index (χ0n) is 26.9.